The minimum absolute atomic E-state index is 0.0420. The van der Waals surface area contributed by atoms with E-state index in [4.69, 9.17) is 9.47 Å². The van der Waals surface area contributed by atoms with Crippen molar-refractivity contribution in [3.05, 3.63) is 12.7 Å². The fourth-order valence-electron chi connectivity index (χ4n) is 6.45. The second-order valence-electron chi connectivity index (χ2n) is 9.82. The van der Waals surface area contributed by atoms with E-state index in [1.807, 2.05) is 6.92 Å². The second kappa shape index (κ2) is 8.98. The van der Waals surface area contributed by atoms with E-state index < -0.39 is 41.0 Å². The van der Waals surface area contributed by atoms with Gasteiger partial charge in [0.15, 0.2) is 0 Å². The minimum atomic E-state index is -1.21. The van der Waals surface area contributed by atoms with Crippen LogP contribution in [0.3, 0.4) is 0 Å². The van der Waals surface area contributed by atoms with Gasteiger partial charge >= 0.3 is 5.97 Å². The Morgan fingerprint density at radius 2 is 2.00 bits per heavy atom. The molecule has 0 aromatic rings. The number of rotatable bonds is 9. The number of aliphatic hydroxyl groups is 1. The predicted molar refractivity (Wildman–Crippen MR) is 117 cm³/mol. The molecule has 33 heavy (non-hydrogen) atoms. The first-order valence-corrected chi connectivity index (χ1v) is 11.8. The molecule has 3 unspecified atom stereocenters. The number of fused-ring (bicyclic) bond motifs is 1. The topological polar surface area (TPSA) is 120 Å². The molecule has 4 heterocycles. The van der Waals surface area contributed by atoms with Crippen molar-refractivity contribution in [2.24, 2.45) is 17.8 Å². The lowest BCUT2D eigenvalue weighted by atomic mass is 9.62. The molecule has 4 fully saturated rings. The molecule has 1 spiro atoms. The molecule has 2 amide bonds. The largest absolute Gasteiger partial charge is 0.481 e. The maximum Gasteiger partial charge on any atom is 0.310 e. The van der Waals surface area contributed by atoms with Crippen molar-refractivity contribution < 1.29 is 34.1 Å². The van der Waals surface area contributed by atoms with E-state index >= 15 is 0 Å². The van der Waals surface area contributed by atoms with Gasteiger partial charge in [-0.3, -0.25) is 19.3 Å². The average Bonchev–Trinajstić information content (AvgIpc) is 3.29. The highest BCUT2D eigenvalue weighted by Crippen LogP contribution is 2.65. The maximum atomic E-state index is 14.0. The van der Waals surface area contributed by atoms with Crippen molar-refractivity contribution in [3.8, 4) is 0 Å². The molecule has 0 aromatic carbocycles. The van der Waals surface area contributed by atoms with E-state index in [1.165, 1.54) is 4.90 Å². The molecular formula is C23H35N3O7. The minimum Gasteiger partial charge on any atom is -0.481 e. The van der Waals surface area contributed by atoms with Crippen LogP contribution in [0.15, 0.2) is 12.7 Å². The Labute approximate surface area is 194 Å². The Kier molecular flexibility index (Phi) is 6.56. The van der Waals surface area contributed by atoms with Crippen LogP contribution in [0.5, 0.6) is 0 Å². The summed E-state index contributed by atoms with van der Waals surface area (Å²) in [4.78, 5) is 45.0. The number of ether oxygens (including phenoxy) is 2. The second-order valence-corrected chi connectivity index (χ2v) is 9.82. The molecule has 184 valence electrons. The van der Waals surface area contributed by atoms with Gasteiger partial charge in [0, 0.05) is 39.3 Å². The van der Waals surface area contributed by atoms with Crippen LogP contribution in [0.2, 0.25) is 0 Å². The summed E-state index contributed by atoms with van der Waals surface area (Å²) in [7, 11) is 0. The van der Waals surface area contributed by atoms with Crippen LogP contribution in [0, 0.1) is 17.8 Å². The molecule has 0 saturated carbocycles. The number of carbonyl (C=O) groups is 3. The summed E-state index contributed by atoms with van der Waals surface area (Å²) in [6.07, 6.45) is 2.07. The highest BCUT2D eigenvalue weighted by Gasteiger charge is 2.80. The monoisotopic (exact) mass is 465 g/mol. The Morgan fingerprint density at radius 3 is 2.61 bits per heavy atom. The predicted octanol–water partition coefficient (Wildman–Crippen LogP) is -0.579. The number of hydrogen-bond donors (Lipinski definition) is 2. The fourth-order valence-corrected chi connectivity index (χ4v) is 6.45. The van der Waals surface area contributed by atoms with Gasteiger partial charge in [0.1, 0.15) is 17.6 Å². The smallest absolute Gasteiger partial charge is 0.310 e. The quantitative estimate of drug-likeness (QED) is 0.434. The van der Waals surface area contributed by atoms with Crippen LogP contribution in [-0.4, -0.2) is 119 Å². The Balaban J connectivity index is 1.65. The molecule has 4 aliphatic heterocycles. The summed E-state index contributed by atoms with van der Waals surface area (Å²) in [5, 5.41) is 19.7. The number of carbonyl (C=O) groups excluding carboxylic acids is 2. The molecule has 10 heteroatoms. The average molecular weight is 466 g/mol. The summed E-state index contributed by atoms with van der Waals surface area (Å²) < 4.78 is 11.8. The maximum absolute atomic E-state index is 14.0. The summed E-state index contributed by atoms with van der Waals surface area (Å²) in [5.74, 6) is -3.90. The third-order valence-electron chi connectivity index (χ3n) is 8.11. The molecular weight excluding hydrogens is 430 g/mol. The van der Waals surface area contributed by atoms with E-state index in [9.17, 15) is 24.6 Å². The zero-order valence-corrected chi connectivity index (χ0v) is 19.4. The summed E-state index contributed by atoms with van der Waals surface area (Å²) in [6.45, 7) is 11.4. The lowest BCUT2D eigenvalue weighted by molar-refractivity contribution is -0.158. The number of nitrogens with zero attached hydrogens (tertiary/aromatic N) is 3. The van der Waals surface area contributed by atoms with E-state index in [0.717, 1.165) is 13.1 Å². The van der Waals surface area contributed by atoms with Crippen LogP contribution >= 0.6 is 0 Å². The van der Waals surface area contributed by atoms with Gasteiger partial charge in [-0.1, -0.05) is 13.0 Å². The Hall–Kier alpha value is -2.01. The molecule has 0 aliphatic carbocycles. The standard InChI is InChI=1S/C23H35N3O7/c1-4-5-25(7-6-24-9-12-32-13-10-24)20(29)18-23-14-15(2)22(3,33-23)17(21(30)31)16(23)19(28)26(18)8-11-27/h4,15-18,27H,1,5-14H2,2-3H3,(H,30,31)/t15?,16-,17+,18?,22-,23?/m0/s1. The SMILES string of the molecule is C=CCN(CCN1CCOCC1)C(=O)C1N(CCO)C(=O)[C@@H]2[C@H](C(=O)O)[C@@]3(C)OC12CC3C. The molecule has 10 nitrogen and oxygen atoms in total. The van der Waals surface area contributed by atoms with Crippen LogP contribution in [0.4, 0.5) is 0 Å². The van der Waals surface area contributed by atoms with Crippen molar-refractivity contribution in [3.63, 3.8) is 0 Å². The highest BCUT2D eigenvalue weighted by molar-refractivity contribution is 5.98. The third kappa shape index (κ3) is 3.67. The molecule has 0 radical (unpaired) electrons. The summed E-state index contributed by atoms with van der Waals surface area (Å²) in [6, 6.07) is -0.972. The molecule has 4 saturated heterocycles. The van der Waals surface area contributed by atoms with E-state index in [-0.39, 0.29) is 25.0 Å². The highest BCUT2D eigenvalue weighted by atomic mass is 16.5. The van der Waals surface area contributed by atoms with Gasteiger partial charge in [-0.15, -0.1) is 6.58 Å². The van der Waals surface area contributed by atoms with Crippen molar-refractivity contribution in [1.29, 1.82) is 0 Å². The summed E-state index contributed by atoms with van der Waals surface area (Å²) >= 11 is 0. The van der Waals surface area contributed by atoms with E-state index in [0.29, 0.717) is 39.3 Å². The van der Waals surface area contributed by atoms with Crippen molar-refractivity contribution in [2.45, 2.75) is 37.5 Å². The number of β-amino-alcohol motifs (C(OH)–C–C–N with tert-alkyl or cyclic N) is 1. The third-order valence-corrected chi connectivity index (χ3v) is 8.11. The van der Waals surface area contributed by atoms with E-state index in [2.05, 4.69) is 11.5 Å². The van der Waals surface area contributed by atoms with Crippen LogP contribution in [0.25, 0.3) is 0 Å². The van der Waals surface area contributed by atoms with E-state index in [1.54, 1.807) is 17.9 Å². The van der Waals surface area contributed by atoms with Gasteiger partial charge in [0.2, 0.25) is 11.8 Å². The van der Waals surface area contributed by atoms with Crippen LogP contribution in [-0.2, 0) is 23.9 Å². The number of morpholine rings is 1. The summed E-state index contributed by atoms with van der Waals surface area (Å²) in [5.41, 5.74) is -2.23. The molecule has 4 aliphatic rings. The number of hydrogen-bond acceptors (Lipinski definition) is 7. The van der Waals surface area contributed by atoms with Gasteiger partial charge in [0.25, 0.3) is 0 Å². The van der Waals surface area contributed by atoms with Crippen LogP contribution in [0.1, 0.15) is 20.3 Å². The number of aliphatic carboxylic acids is 1. The van der Waals surface area contributed by atoms with Crippen molar-refractivity contribution >= 4 is 17.8 Å². The first-order valence-electron chi connectivity index (χ1n) is 11.8. The Morgan fingerprint density at radius 1 is 1.30 bits per heavy atom. The van der Waals surface area contributed by atoms with Gasteiger partial charge in [-0.05, 0) is 19.3 Å². The number of carboxylic acid groups (broad SMARTS) is 1. The van der Waals surface area contributed by atoms with Gasteiger partial charge in [-0.25, -0.2) is 0 Å². The van der Waals surface area contributed by atoms with Crippen LogP contribution < -0.4 is 0 Å². The lowest BCUT2D eigenvalue weighted by Gasteiger charge is -2.37. The zero-order chi connectivity index (χ0) is 24.0. The first kappa shape index (κ1) is 24.1. The molecule has 2 N–H and O–H groups in total. The molecule has 6 atom stereocenters. The van der Waals surface area contributed by atoms with Gasteiger partial charge in [-0.2, -0.15) is 0 Å². The number of carboxylic acids is 1. The Bertz CT molecular complexity index is 816. The zero-order valence-electron chi connectivity index (χ0n) is 19.4. The van der Waals surface area contributed by atoms with Crippen molar-refractivity contribution in [2.75, 3.05) is 59.1 Å². The number of aliphatic hydroxyl groups excluding tert-OH is 1. The first-order chi connectivity index (χ1) is 15.7. The molecule has 4 rings (SSSR count). The van der Waals surface area contributed by atoms with Crippen molar-refractivity contribution in [1.82, 2.24) is 14.7 Å². The normalized spacial score (nSPS) is 37.9. The number of likely N-dealkylation sites (tertiary alicyclic amines) is 1. The fraction of sp³-hybridized carbons (Fsp3) is 0.783. The van der Waals surface area contributed by atoms with Gasteiger partial charge < -0.3 is 29.5 Å². The molecule has 2 bridgehead atoms. The number of amides is 2. The van der Waals surface area contributed by atoms with Gasteiger partial charge in [0.05, 0.1) is 31.3 Å². The molecule has 0 aromatic heterocycles. The lowest BCUT2D eigenvalue weighted by Crippen LogP contribution is -2.57.